The Morgan fingerprint density at radius 3 is 2.78 bits per heavy atom. The fourth-order valence-electron chi connectivity index (χ4n) is 0.327. The molecule has 0 saturated heterocycles. The smallest absolute Gasteiger partial charge is 0.107 e. The van der Waals surface area contributed by atoms with E-state index in [9.17, 15) is 0 Å². The number of hydrogen-bond acceptors (Lipinski definition) is 2. The van der Waals surface area contributed by atoms with Gasteiger partial charge in [0.05, 0.1) is 5.75 Å². The first-order valence-electron chi connectivity index (χ1n) is 2.94. The molecule has 0 fully saturated rings. The van der Waals surface area contributed by atoms with E-state index >= 15 is 0 Å². The van der Waals surface area contributed by atoms with Crippen LogP contribution in [-0.4, -0.2) is 25.2 Å². The first-order valence-corrected chi connectivity index (χ1v) is 4.09. The van der Waals surface area contributed by atoms with E-state index in [1.807, 2.05) is 11.8 Å². The Labute approximate surface area is 61.2 Å². The number of methoxy groups -OCH3 is 1. The summed E-state index contributed by atoms with van der Waals surface area (Å²) in [7, 11) is 1.65. The minimum absolute atomic E-state index is 0.560. The van der Waals surface area contributed by atoms with Crippen molar-refractivity contribution in [1.29, 1.82) is 0 Å². The largest absolute Gasteiger partial charge is 0.372 e. The van der Waals surface area contributed by atoms with Crippen LogP contribution >= 0.6 is 11.8 Å². The molecule has 0 aromatic carbocycles. The van der Waals surface area contributed by atoms with Crippen molar-refractivity contribution in [3.05, 3.63) is 0 Å². The molecule has 0 aromatic heterocycles. The highest BCUT2D eigenvalue weighted by atomic mass is 32.2. The Kier molecular flexibility index (Phi) is 7.76. The standard InChI is InChI=1S/C7H12OS/c1-3-9-7-5-4-6-8-2/h3,6-7H2,1-2H3. The third-order valence-corrected chi connectivity index (χ3v) is 1.48. The van der Waals surface area contributed by atoms with Gasteiger partial charge in [-0.25, -0.2) is 0 Å². The molecule has 52 valence electrons. The summed E-state index contributed by atoms with van der Waals surface area (Å²) < 4.78 is 4.74. The molecular weight excluding hydrogens is 132 g/mol. The lowest BCUT2D eigenvalue weighted by Gasteiger charge is -1.84. The Morgan fingerprint density at radius 1 is 1.44 bits per heavy atom. The van der Waals surface area contributed by atoms with Crippen molar-refractivity contribution >= 4 is 11.8 Å². The zero-order valence-corrected chi connectivity index (χ0v) is 6.75. The maximum atomic E-state index is 4.74. The van der Waals surface area contributed by atoms with Crippen molar-refractivity contribution in [1.82, 2.24) is 0 Å². The highest BCUT2D eigenvalue weighted by molar-refractivity contribution is 7.99. The van der Waals surface area contributed by atoms with E-state index in [-0.39, 0.29) is 0 Å². The minimum atomic E-state index is 0.560. The maximum absolute atomic E-state index is 4.74. The van der Waals surface area contributed by atoms with E-state index in [0.717, 1.165) is 11.5 Å². The van der Waals surface area contributed by atoms with Gasteiger partial charge < -0.3 is 4.74 Å². The molecule has 0 saturated carbocycles. The van der Waals surface area contributed by atoms with E-state index in [1.54, 1.807) is 7.11 Å². The monoisotopic (exact) mass is 144 g/mol. The van der Waals surface area contributed by atoms with Gasteiger partial charge >= 0.3 is 0 Å². The molecule has 0 unspecified atom stereocenters. The van der Waals surface area contributed by atoms with Crippen LogP contribution in [0.1, 0.15) is 6.92 Å². The molecule has 0 atom stereocenters. The Morgan fingerprint density at radius 2 is 2.22 bits per heavy atom. The number of rotatable bonds is 3. The van der Waals surface area contributed by atoms with Gasteiger partial charge in [0.15, 0.2) is 0 Å². The molecule has 1 nitrogen and oxygen atoms in total. The van der Waals surface area contributed by atoms with E-state index < -0.39 is 0 Å². The van der Waals surface area contributed by atoms with E-state index in [2.05, 4.69) is 18.8 Å². The molecule has 0 aliphatic carbocycles. The summed E-state index contributed by atoms with van der Waals surface area (Å²) >= 11 is 1.83. The van der Waals surface area contributed by atoms with Crippen molar-refractivity contribution < 1.29 is 4.74 Å². The summed E-state index contributed by atoms with van der Waals surface area (Å²) in [5.41, 5.74) is 0. The molecule has 0 N–H and O–H groups in total. The lowest BCUT2D eigenvalue weighted by atomic mass is 10.6. The third-order valence-electron chi connectivity index (χ3n) is 0.720. The van der Waals surface area contributed by atoms with Crippen molar-refractivity contribution in [2.75, 3.05) is 25.2 Å². The van der Waals surface area contributed by atoms with Crippen LogP contribution in [0.25, 0.3) is 0 Å². The average molecular weight is 144 g/mol. The van der Waals surface area contributed by atoms with Crippen molar-refractivity contribution in [2.24, 2.45) is 0 Å². The second-order valence-corrected chi connectivity index (χ2v) is 2.70. The van der Waals surface area contributed by atoms with Gasteiger partial charge in [0.1, 0.15) is 6.61 Å². The summed E-state index contributed by atoms with van der Waals surface area (Å²) in [5, 5.41) is 0. The van der Waals surface area contributed by atoms with Gasteiger partial charge in [-0.3, -0.25) is 0 Å². The topological polar surface area (TPSA) is 9.23 Å². The van der Waals surface area contributed by atoms with Crippen LogP contribution in [0.3, 0.4) is 0 Å². The summed E-state index contributed by atoms with van der Waals surface area (Å²) in [6.07, 6.45) is 0. The molecule has 2 heteroatoms. The van der Waals surface area contributed by atoms with Crippen LogP contribution in [0.5, 0.6) is 0 Å². The highest BCUT2D eigenvalue weighted by Crippen LogP contribution is 1.94. The van der Waals surface area contributed by atoms with Gasteiger partial charge in [0.25, 0.3) is 0 Å². The van der Waals surface area contributed by atoms with Gasteiger partial charge in [-0.05, 0) is 5.75 Å². The SMILES string of the molecule is CCSCC#CCOC. The first-order chi connectivity index (χ1) is 4.41. The predicted octanol–water partition coefficient (Wildman–Crippen LogP) is 1.39. The van der Waals surface area contributed by atoms with Gasteiger partial charge in [-0.1, -0.05) is 18.8 Å². The van der Waals surface area contributed by atoms with E-state index in [0.29, 0.717) is 6.61 Å². The zero-order valence-electron chi connectivity index (χ0n) is 5.94. The molecule has 0 aliphatic rings. The second-order valence-electron chi connectivity index (χ2n) is 1.42. The molecule has 0 heterocycles. The Hall–Kier alpha value is -0.130. The number of hydrogen-bond donors (Lipinski definition) is 0. The normalized spacial score (nSPS) is 8.22. The van der Waals surface area contributed by atoms with Crippen LogP contribution in [0.2, 0.25) is 0 Å². The molecule has 9 heavy (non-hydrogen) atoms. The van der Waals surface area contributed by atoms with Crippen LogP contribution < -0.4 is 0 Å². The summed E-state index contributed by atoms with van der Waals surface area (Å²) in [4.78, 5) is 0. The van der Waals surface area contributed by atoms with Crippen molar-refractivity contribution in [3.63, 3.8) is 0 Å². The predicted molar refractivity (Wildman–Crippen MR) is 42.7 cm³/mol. The molecule has 0 bridgehead atoms. The molecule has 0 amide bonds. The quantitative estimate of drug-likeness (QED) is 0.437. The van der Waals surface area contributed by atoms with Gasteiger partial charge in [0.2, 0.25) is 0 Å². The fraction of sp³-hybridized carbons (Fsp3) is 0.714. The molecule has 0 radical (unpaired) electrons. The van der Waals surface area contributed by atoms with E-state index in [4.69, 9.17) is 4.74 Å². The molecule has 0 spiro atoms. The lowest BCUT2D eigenvalue weighted by molar-refractivity contribution is 0.240. The molecular formula is C7H12OS. The average Bonchev–Trinajstić information content (AvgIpc) is 1.89. The third kappa shape index (κ3) is 7.87. The minimum Gasteiger partial charge on any atom is -0.372 e. The molecule has 0 rings (SSSR count). The second kappa shape index (κ2) is 7.87. The summed E-state index contributed by atoms with van der Waals surface area (Å²) in [5.74, 6) is 7.92. The molecule has 0 aliphatic heterocycles. The lowest BCUT2D eigenvalue weighted by Crippen LogP contribution is -1.81. The van der Waals surface area contributed by atoms with Crippen LogP contribution in [0.4, 0.5) is 0 Å². The maximum Gasteiger partial charge on any atom is 0.107 e. The fourth-order valence-corrected chi connectivity index (χ4v) is 0.736. The molecule has 0 aromatic rings. The van der Waals surface area contributed by atoms with E-state index in [1.165, 1.54) is 0 Å². The van der Waals surface area contributed by atoms with Gasteiger partial charge in [-0.2, -0.15) is 0 Å². The highest BCUT2D eigenvalue weighted by Gasteiger charge is 1.74. The first kappa shape index (κ1) is 8.87. The number of ether oxygens (including phenoxy) is 1. The van der Waals surface area contributed by atoms with Gasteiger partial charge in [-0.15, -0.1) is 11.8 Å². The van der Waals surface area contributed by atoms with Crippen LogP contribution in [-0.2, 0) is 4.74 Å². The van der Waals surface area contributed by atoms with Crippen LogP contribution in [0, 0.1) is 11.8 Å². The van der Waals surface area contributed by atoms with Crippen LogP contribution in [0.15, 0.2) is 0 Å². The summed E-state index contributed by atoms with van der Waals surface area (Å²) in [6.45, 7) is 2.69. The summed E-state index contributed by atoms with van der Waals surface area (Å²) in [6, 6.07) is 0. The van der Waals surface area contributed by atoms with Gasteiger partial charge in [0, 0.05) is 7.11 Å². The van der Waals surface area contributed by atoms with Crippen molar-refractivity contribution in [3.8, 4) is 11.8 Å². The number of thioether (sulfide) groups is 1. The Bertz CT molecular complexity index is 101. The zero-order chi connectivity index (χ0) is 6.95. The Balaban J connectivity index is 2.96. The van der Waals surface area contributed by atoms with Crippen molar-refractivity contribution in [2.45, 2.75) is 6.92 Å².